The van der Waals surface area contributed by atoms with Gasteiger partial charge in [0.2, 0.25) is 5.78 Å². The van der Waals surface area contributed by atoms with E-state index in [1.807, 2.05) is 6.07 Å². The van der Waals surface area contributed by atoms with Gasteiger partial charge in [-0.2, -0.15) is 0 Å². The van der Waals surface area contributed by atoms with Gasteiger partial charge in [-0.15, -0.1) is 0 Å². The first-order chi connectivity index (χ1) is 8.43. The molecule has 96 valence electrons. The van der Waals surface area contributed by atoms with Crippen molar-refractivity contribution in [3.63, 3.8) is 0 Å². The fraction of sp³-hybridized carbons (Fsp3) is 0.286. The topological polar surface area (TPSA) is 46.6 Å². The molecule has 0 radical (unpaired) electrons. The van der Waals surface area contributed by atoms with Crippen LogP contribution in [0.15, 0.2) is 42.5 Å². The molecular formula is C14H17NO3. The van der Waals surface area contributed by atoms with Crippen LogP contribution in [0.3, 0.4) is 0 Å². The molecule has 0 saturated carbocycles. The zero-order chi connectivity index (χ0) is 13.7. The van der Waals surface area contributed by atoms with Crippen LogP contribution in [0, 0.1) is 0 Å². The quantitative estimate of drug-likeness (QED) is 0.768. The van der Waals surface area contributed by atoms with Crippen LogP contribution in [0.2, 0.25) is 0 Å². The summed E-state index contributed by atoms with van der Waals surface area (Å²) in [6, 6.07) is 8.90. The van der Waals surface area contributed by atoms with Gasteiger partial charge in [0.05, 0.1) is 0 Å². The Kier molecular flexibility index (Phi) is 4.66. The third-order valence-electron chi connectivity index (χ3n) is 2.34. The van der Waals surface area contributed by atoms with Crippen molar-refractivity contribution in [3.05, 3.63) is 48.0 Å². The van der Waals surface area contributed by atoms with Crippen LogP contribution in [-0.2, 0) is 9.53 Å². The fourth-order valence-corrected chi connectivity index (χ4v) is 1.33. The molecule has 4 heteroatoms. The molecule has 18 heavy (non-hydrogen) atoms. The third-order valence-corrected chi connectivity index (χ3v) is 2.34. The number of amides is 1. The summed E-state index contributed by atoms with van der Waals surface area (Å²) in [4.78, 5) is 24.9. The molecule has 0 aliphatic heterocycles. The lowest BCUT2D eigenvalue weighted by Crippen LogP contribution is -2.28. The lowest BCUT2D eigenvalue weighted by Gasteiger charge is -2.19. The highest BCUT2D eigenvalue weighted by Gasteiger charge is 2.25. The summed E-state index contributed by atoms with van der Waals surface area (Å²) in [5.74, 6) is -0.295. The minimum Gasteiger partial charge on any atom is -0.433 e. The van der Waals surface area contributed by atoms with E-state index in [9.17, 15) is 9.59 Å². The average Bonchev–Trinajstić information content (AvgIpc) is 2.35. The van der Waals surface area contributed by atoms with Crippen LogP contribution in [0.25, 0.3) is 0 Å². The van der Waals surface area contributed by atoms with Crippen LogP contribution in [0.1, 0.15) is 18.6 Å². The van der Waals surface area contributed by atoms with Gasteiger partial charge in [-0.3, -0.25) is 4.79 Å². The number of ketones is 1. The van der Waals surface area contributed by atoms with Gasteiger partial charge in [0.1, 0.15) is 0 Å². The zero-order valence-electron chi connectivity index (χ0n) is 10.8. The molecule has 0 N–H and O–H groups in total. The molecule has 0 heterocycles. The normalized spacial score (nSPS) is 11.5. The van der Waals surface area contributed by atoms with E-state index in [4.69, 9.17) is 4.74 Å². The van der Waals surface area contributed by atoms with Crippen molar-refractivity contribution >= 4 is 11.9 Å². The maximum absolute atomic E-state index is 12.0. The second-order valence-corrected chi connectivity index (χ2v) is 4.21. The number of carbonyl (C=O) groups excluding carboxylic acids is 2. The van der Waals surface area contributed by atoms with Gasteiger partial charge in [-0.1, -0.05) is 36.9 Å². The van der Waals surface area contributed by atoms with Gasteiger partial charge in [0, 0.05) is 19.7 Å². The molecule has 4 nitrogen and oxygen atoms in total. The van der Waals surface area contributed by atoms with Crippen molar-refractivity contribution in [1.82, 2.24) is 4.90 Å². The predicted molar refractivity (Wildman–Crippen MR) is 69.2 cm³/mol. The van der Waals surface area contributed by atoms with Crippen molar-refractivity contribution in [2.45, 2.75) is 13.0 Å². The number of rotatable bonds is 4. The van der Waals surface area contributed by atoms with Crippen LogP contribution < -0.4 is 0 Å². The van der Waals surface area contributed by atoms with Crippen molar-refractivity contribution in [3.8, 4) is 0 Å². The van der Waals surface area contributed by atoms with Crippen molar-refractivity contribution in [1.29, 1.82) is 0 Å². The lowest BCUT2D eigenvalue weighted by molar-refractivity contribution is -0.124. The summed E-state index contributed by atoms with van der Waals surface area (Å²) in [5.41, 5.74) is 0.996. The number of nitrogens with zero attached hydrogens (tertiary/aromatic N) is 1. The first-order valence-electron chi connectivity index (χ1n) is 5.56. The summed E-state index contributed by atoms with van der Waals surface area (Å²) < 4.78 is 5.20. The SMILES string of the molecule is C=C(C)C(=O)[C@H](OC(=O)N(C)C)c1ccccc1. The summed E-state index contributed by atoms with van der Waals surface area (Å²) in [6.45, 7) is 5.20. The predicted octanol–water partition coefficient (Wildman–Crippen LogP) is 2.57. The number of Topliss-reactive ketones (excluding diaryl/α,β-unsaturated/α-hetero) is 1. The molecule has 1 atom stereocenters. The smallest absolute Gasteiger partial charge is 0.410 e. The van der Waals surface area contributed by atoms with E-state index in [1.54, 1.807) is 45.3 Å². The van der Waals surface area contributed by atoms with E-state index in [0.717, 1.165) is 0 Å². The molecular weight excluding hydrogens is 230 g/mol. The average molecular weight is 247 g/mol. The maximum atomic E-state index is 12.0. The van der Waals surface area contributed by atoms with Gasteiger partial charge in [-0.25, -0.2) is 4.79 Å². The van der Waals surface area contributed by atoms with Crippen molar-refractivity contribution < 1.29 is 14.3 Å². The number of carbonyl (C=O) groups is 2. The molecule has 1 amide bonds. The van der Waals surface area contributed by atoms with Crippen molar-refractivity contribution in [2.75, 3.05) is 14.1 Å². The van der Waals surface area contributed by atoms with Gasteiger partial charge < -0.3 is 9.64 Å². The van der Waals surface area contributed by atoms with Crippen molar-refractivity contribution in [2.24, 2.45) is 0 Å². The van der Waals surface area contributed by atoms with Gasteiger partial charge in [0.15, 0.2) is 6.10 Å². The molecule has 0 aliphatic carbocycles. The molecule has 0 aliphatic rings. The van der Waals surface area contributed by atoms with E-state index >= 15 is 0 Å². The molecule has 0 aromatic heterocycles. The summed E-state index contributed by atoms with van der Waals surface area (Å²) in [6.07, 6.45) is -1.49. The Balaban J connectivity index is 3.00. The first-order valence-corrected chi connectivity index (χ1v) is 5.56. The Morgan fingerprint density at radius 1 is 1.22 bits per heavy atom. The monoisotopic (exact) mass is 247 g/mol. The largest absolute Gasteiger partial charge is 0.433 e. The molecule has 1 aromatic carbocycles. The van der Waals surface area contributed by atoms with Gasteiger partial charge in [-0.05, 0) is 12.5 Å². The van der Waals surface area contributed by atoms with Crippen LogP contribution >= 0.6 is 0 Å². The molecule has 0 spiro atoms. The lowest BCUT2D eigenvalue weighted by atomic mass is 10.0. The molecule has 0 bridgehead atoms. The molecule has 0 saturated heterocycles. The van der Waals surface area contributed by atoms with E-state index < -0.39 is 12.2 Å². The molecule has 0 unspecified atom stereocenters. The van der Waals surface area contributed by atoms with E-state index in [2.05, 4.69) is 6.58 Å². The number of ether oxygens (including phenoxy) is 1. The number of hydrogen-bond donors (Lipinski definition) is 0. The minimum absolute atomic E-state index is 0.295. The van der Waals surface area contributed by atoms with E-state index in [1.165, 1.54) is 4.90 Å². The third kappa shape index (κ3) is 3.45. The Bertz CT molecular complexity index is 451. The van der Waals surface area contributed by atoms with Crippen LogP contribution in [0.5, 0.6) is 0 Å². The maximum Gasteiger partial charge on any atom is 0.410 e. The minimum atomic E-state index is -0.932. The Morgan fingerprint density at radius 2 is 1.78 bits per heavy atom. The highest BCUT2D eigenvalue weighted by atomic mass is 16.6. The summed E-state index contributed by atoms with van der Waals surface area (Å²) in [7, 11) is 3.13. The highest BCUT2D eigenvalue weighted by molar-refractivity contribution is 5.99. The Hall–Kier alpha value is -2.10. The fourth-order valence-electron chi connectivity index (χ4n) is 1.33. The molecule has 1 aromatic rings. The summed E-state index contributed by atoms with van der Waals surface area (Å²) >= 11 is 0. The molecule has 1 rings (SSSR count). The van der Waals surface area contributed by atoms with Crippen LogP contribution in [-0.4, -0.2) is 30.9 Å². The second kappa shape index (κ2) is 6.00. The first kappa shape index (κ1) is 14.0. The zero-order valence-corrected chi connectivity index (χ0v) is 10.8. The van der Waals surface area contributed by atoms with E-state index in [0.29, 0.717) is 11.1 Å². The number of hydrogen-bond acceptors (Lipinski definition) is 3. The van der Waals surface area contributed by atoms with Crippen LogP contribution in [0.4, 0.5) is 4.79 Å². The van der Waals surface area contributed by atoms with E-state index in [-0.39, 0.29) is 5.78 Å². The standard InChI is InChI=1S/C14H17NO3/c1-10(2)12(16)13(18-14(17)15(3)4)11-8-6-5-7-9-11/h5-9,13H,1H2,2-4H3/t13-/m1/s1. The second-order valence-electron chi connectivity index (χ2n) is 4.21. The number of benzene rings is 1. The summed E-state index contributed by atoms with van der Waals surface area (Å²) in [5, 5.41) is 0. The Morgan fingerprint density at radius 3 is 2.22 bits per heavy atom. The van der Waals surface area contributed by atoms with Gasteiger partial charge >= 0.3 is 6.09 Å². The van der Waals surface area contributed by atoms with Gasteiger partial charge in [0.25, 0.3) is 0 Å². The Labute approximate surface area is 107 Å². The molecule has 0 fully saturated rings. The highest BCUT2D eigenvalue weighted by Crippen LogP contribution is 2.21.